The highest BCUT2D eigenvalue weighted by atomic mass is 35.5. The first-order chi connectivity index (χ1) is 7.39. The van der Waals surface area contributed by atoms with E-state index in [4.69, 9.17) is 28.3 Å². The van der Waals surface area contributed by atoms with E-state index in [9.17, 15) is 14.0 Å². The Labute approximate surface area is 105 Å². The first-order valence-electron chi connectivity index (χ1n) is 4.55. The molecule has 0 fully saturated rings. The molecule has 1 atom stereocenters. The molecule has 0 aromatic heterocycles. The van der Waals surface area contributed by atoms with Crippen LogP contribution in [0.3, 0.4) is 0 Å². The molecule has 0 aliphatic heterocycles. The van der Waals surface area contributed by atoms with E-state index in [0.717, 1.165) is 12.8 Å². The van der Waals surface area contributed by atoms with Crippen molar-refractivity contribution in [2.45, 2.75) is 26.2 Å². The van der Waals surface area contributed by atoms with E-state index >= 15 is 0 Å². The second kappa shape index (κ2) is 8.06. The molecule has 1 N–H and O–H groups in total. The van der Waals surface area contributed by atoms with Crippen LogP contribution in [0.4, 0.5) is 0 Å². The topological polar surface area (TPSA) is 82.1 Å². The molecule has 0 bridgehead atoms. The first-order valence-corrected chi connectivity index (χ1v) is 8.66. The fraction of sp³-hybridized carbons (Fsp3) is 1.00. The third-order valence-corrected chi connectivity index (χ3v) is 6.69. The molecule has 0 aromatic rings. The van der Waals surface area contributed by atoms with Gasteiger partial charge in [0, 0.05) is 0 Å². The van der Waals surface area contributed by atoms with Crippen molar-refractivity contribution in [3.05, 3.63) is 0 Å². The van der Waals surface area contributed by atoms with Gasteiger partial charge in [-0.3, -0.25) is 9.13 Å². The van der Waals surface area contributed by atoms with Gasteiger partial charge in [0.25, 0.3) is 0 Å². The number of unbranched alkanes of at least 4 members (excludes halogenated alkanes) is 2. The Morgan fingerprint density at radius 1 is 1.19 bits per heavy atom. The Kier molecular flexibility index (Phi) is 8.51. The molecule has 16 heavy (non-hydrogen) atoms. The van der Waals surface area contributed by atoms with Crippen LogP contribution in [0.15, 0.2) is 0 Å². The molecule has 0 radical (unpaired) electrons. The zero-order valence-electron chi connectivity index (χ0n) is 8.67. The predicted molar refractivity (Wildman–Crippen MR) is 61.7 cm³/mol. The third kappa shape index (κ3) is 7.25. The smallest absolute Gasteiger partial charge is 0.324 e. The minimum absolute atomic E-state index is 0.0895. The van der Waals surface area contributed by atoms with E-state index in [2.05, 4.69) is 8.15 Å². The second-order valence-electron chi connectivity index (χ2n) is 3.07. The van der Waals surface area contributed by atoms with Crippen LogP contribution < -0.4 is 0 Å². The van der Waals surface area contributed by atoms with Crippen molar-refractivity contribution in [3.63, 3.8) is 0 Å². The highest BCUT2D eigenvalue weighted by Gasteiger charge is 2.36. The van der Waals surface area contributed by atoms with Crippen molar-refractivity contribution >= 4 is 38.9 Å². The molecule has 0 amide bonds. The summed E-state index contributed by atoms with van der Waals surface area (Å²) in [4.78, 5) is 9.30. The molecule has 0 aromatic carbocycles. The number of halogens is 2. The summed E-state index contributed by atoms with van der Waals surface area (Å²) in [5.74, 6) is -0.876. The summed E-state index contributed by atoms with van der Waals surface area (Å²) >= 11 is 9.68. The summed E-state index contributed by atoms with van der Waals surface area (Å²) in [6, 6.07) is 0. The van der Waals surface area contributed by atoms with Gasteiger partial charge >= 0.3 is 15.2 Å². The van der Waals surface area contributed by atoms with Crippen LogP contribution >= 0.6 is 38.9 Å². The summed E-state index contributed by atoms with van der Waals surface area (Å²) in [6.07, 6.45) is 2.46. The molecule has 0 rings (SSSR count). The van der Waals surface area contributed by atoms with Crippen molar-refractivity contribution in [2.24, 2.45) is 0 Å². The molecule has 0 spiro atoms. The normalized spacial score (nSPS) is 16.0. The van der Waals surface area contributed by atoms with Gasteiger partial charge in [-0.2, -0.15) is 8.15 Å². The highest BCUT2D eigenvalue weighted by Crippen LogP contribution is 2.62. The minimum atomic E-state index is -4.07. The van der Waals surface area contributed by atoms with Crippen LogP contribution in [-0.2, 0) is 21.8 Å². The molecule has 6 nitrogen and oxygen atoms in total. The molecular formula is C6H14Cl2O6P2. The summed E-state index contributed by atoms with van der Waals surface area (Å²) in [7, 11) is -8.03. The lowest BCUT2D eigenvalue weighted by molar-refractivity contribution is 0.255. The van der Waals surface area contributed by atoms with E-state index in [1.807, 2.05) is 6.92 Å². The second-order valence-corrected chi connectivity index (χ2v) is 8.06. The van der Waals surface area contributed by atoms with E-state index in [1.165, 1.54) is 0 Å². The summed E-state index contributed by atoms with van der Waals surface area (Å²) in [5, 5.41) is 0. The Hall–Kier alpha value is 0.880. The van der Waals surface area contributed by atoms with Gasteiger partial charge in [0.2, 0.25) is 0 Å². The molecule has 0 aliphatic rings. The van der Waals surface area contributed by atoms with Crippen molar-refractivity contribution < 1.29 is 26.7 Å². The third-order valence-electron chi connectivity index (χ3n) is 1.60. The van der Waals surface area contributed by atoms with E-state index < -0.39 is 21.1 Å². The van der Waals surface area contributed by atoms with Crippen molar-refractivity contribution in [1.29, 1.82) is 0 Å². The summed E-state index contributed by atoms with van der Waals surface area (Å²) in [6.45, 7) is 2.07. The molecule has 0 aliphatic carbocycles. The fourth-order valence-corrected chi connectivity index (χ4v) is 4.78. The van der Waals surface area contributed by atoms with Crippen molar-refractivity contribution in [3.8, 4) is 0 Å². The van der Waals surface area contributed by atoms with Crippen LogP contribution in [0, 0.1) is 0 Å². The Morgan fingerprint density at radius 3 is 2.19 bits per heavy atom. The van der Waals surface area contributed by atoms with Gasteiger partial charge in [-0.25, -0.2) is 0 Å². The van der Waals surface area contributed by atoms with Crippen LogP contribution in [0.5, 0.6) is 0 Å². The van der Waals surface area contributed by atoms with Gasteiger partial charge in [0.15, 0.2) is 5.90 Å². The Balaban J connectivity index is 4.13. The van der Waals surface area contributed by atoms with Crippen LogP contribution in [0.1, 0.15) is 26.2 Å². The van der Waals surface area contributed by atoms with E-state index in [-0.39, 0.29) is 6.61 Å². The molecule has 1 unspecified atom stereocenters. The highest BCUT2D eigenvalue weighted by molar-refractivity contribution is 7.71. The maximum Gasteiger partial charge on any atom is 0.375 e. The van der Waals surface area contributed by atoms with Crippen LogP contribution in [0.2, 0.25) is 0 Å². The number of hydrogen-bond acceptors (Lipinski definition) is 5. The monoisotopic (exact) mass is 314 g/mol. The van der Waals surface area contributed by atoms with Crippen LogP contribution in [-0.4, -0.2) is 17.4 Å². The lowest BCUT2D eigenvalue weighted by atomic mass is 10.3. The van der Waals surface area contributed by atoms with E-state index in [0.29, 0.717) is 6.42 Å². The maximum absolute atomic E-state index is 11.4. The molecule has 10 heteroatoms. The standard InChI is InChI=1S/C6H14Cl2O6P2/c1-2-3-4-5-12-15(9,10)6-16(11,13-7)14-8/h2-6H2,1H3,(H,9,10). The van der Waals surface area contributed by atoms with Gasteiger partial charge in [0.05, 0.1) is 30.3 Å². The number of hydrogen-bond donors (Lipinski definition) is 1. The SMILES string of the molecule is CCCCCOP(=O)(O)CP(=O)(OCl)OCl. The Bertz CT molecular complexity index is 278. The van der Waals surface area contributed by atoms with Gasteiger partial charge < -0.3 is 9.42 Å². The zero-order valence-corrected chi connectivity index (χ0v) is 12.0. The summed E-state index contributed by atoms with van der Waals surface area (Å²) in [5.41, 5.74) is 0. The fourth-order valence-electron chi connectivity index (χ4n) is 0.873. The van der Waals surface area contributed by atoms with Gasteiger partial charge in [-0.05, 0) is 6.42 Å². The van der Waals surface area contributed by atoms with Crippen molar-refractivity contribution in [2.75, 3.05) is 12.5 Å². The van der Waals surface area contributed by atoms with Crippen LogP contribution in [0.25, 0.3) is 0 Å². The summed E-state index contributed by atoms with van der Waals surface area (Å²) < 4.78 is 35.2. The molecular weight excluding hydrogens is 301 g/mol. The molecule has 98 valence electrons. The lowest BCUT2D eigenvalue weighted by Gasteiger charge is -2.14. The van der Waals surface area contributed by atoms with E-state index in [1.54, 1.807) is 0 Å². The average molecular weight is 315 g/mol. The maximum atomic E-state index is 11.4. The average Bonchev–Trinajstić information content (AvgIpc) is 2.24. The number of rotatable bonds is 9. The minimum Gasteiger partial charge on any atom is -0.324 e. The quantitative estimate of drug-likeness (QED) is 0.514. The predicted octanol–water partition coefficient (Wildman–Crippen LogP) is 3.87. The molecule has 0 saturated carbocycles. The van der Waals surface area contributed by atoms with Crippen molar-refractivity contribution in [1.82, 2.24) is 0 Å². The first kappa shape index (κ1) is 16.9. The largest absolute Gasteiger partial charge is 0.375 e. The molecule has 0 heterocycles. The Morgan fingerprint density at radius 2 is 1.75 bits per heavy atom. The molecule has 0 saturated heterocycles. The van der Waals surface area contributed by atoms with Gasteiger partial charge in [0.1, 0.15) is 0 Å². The zero-order chi connectivity index (χ0) is 12.7. The van der Waals surface area contributed by atoms with Gasteiger partial charge in [-0.15, -0.1) is 0 Å². The lowest BCUT2D eigenvalue weighted by Crippen LogP contribution is -1.98. The van der Waals surface area contributed by atoms with Gasteiger partial charge in [-0.1, -0.05) is 19.8 Å².